The first-order valence-corrected chi connectivity index (χ1v) is 7.49. The Kier molecular flexibility index (Phi) is 4.07. The Morgan fingerprint density at radius 2 is 1.76 bits per heavy atom. The number of benzene rings is 2. The average molecular weight is 273 g/mol. The second kappa shape index (κ2) is 6.33. The van der Waals surface area contributed by atoms with E-state index in [1.165, 1.54) is 16.5 Å². The highest BCUT2D eigenvalue weighted by molar-refractivity contribution is 5.80. The van der Waals surface area contributed by atoms with Gasteiger partial charge in [-0.05, 0) is 35.6 Å². The van der Waals surface area contributed by atoms with E-state index in [1.54, 1.807) is 0 Å². The Labute approximate surface area is 126 Å². The lowest BCUT2D eigenvalue weighted by Gasteiger charge is -2.08. The molecule has 1 heteroatoms. The minimum Gasteiger partial charge on any atom is -0.343 e. The highest BCUT2D eigenvalue weighted by Gasteiger charge is 2.03. The highest BCUT2D eigenvalue weighted by Crippen LogP contribution is 2.18. The summed E-state index contributed by atoms with van der Waals surface area (Å²) in [5.41, 5.74) is 3.69. The molecule has 21 heavy (non-hydrogen) atoms. The van der Waals surface area contributed by atoms with Crippen LogP contribution in [0.2, 0.25) is 0 Å². The molecule has 0 atom stereocenters. The zero-order valence-corrected chi connectivity index (χ0v) is 12.3. The molecule has 0 saturated carbocycles. The van der Waals surface area contributed by atoms with Crippen molar-refractivity contribution in [3.8, 4) is 11.8 Å². The van der Waals surface area contributed by atoms with Gasteiger partial charge < -0.3 is 4.57 Å². The maximum Gasteiger partial charge on any atom is 0.0488 e. The van der Waals surface area contributed by atoms with Crippen molar-refractivity contribution in [2.24, 2.45) is 0 Å². The molecule has 1 nitrogen and oxygen atoms in total. The molecule has 0 aliphatic rings. The zero-order chi connectivity index (χ0) is 14.5. The lowest BCUT2D eigenvalue weighted by atomic mass is 10.1. The lowest BCUT2D eigenvalue weighted by Crippen LogP contribution is -2.00. The Morgan fingerprint density at radius 1 is 0.952 bits per heavy atom. The van der Waals surface area contributed by atoms with E-state index in [2.05, 4.69) is 84.1 Å². The molecule has 104 valence electrons. The molecule has 0 unspecified atom stereocenters. The van der Waals surface area contributed by atoms with Crippen molar-refractivity contribution < 1.29 is 0 Å². The van der Waals surface area contributed by atoms with E-state index in [4.69, 9.17) is 0 Å². The summed E-state index contributed by atoms with van der Waals surface area (Å²) in [7, 11) is 0. The van der Waals surface area contributed by atoms with E-state index in [9.17, 15) is 0 Å². The van der Waals surface area contributed by atoms with E-state index in [-0.39, 0.29) is 0 Å². The van der Waals surface area contributed by atoms with Gasteiger partial charge in [0.2, 0.25) is 0 Å². The summed E-state index contributed by atoms with van der Waals surface area (Å²) in [6, 6.07) is 19.1. The monoisotopic (exact) mass is 273 g/mol. The summed E-state index contributed by atoms with van der Waals surface area (Å²) in [4.78, 5) is 0. The van der Waals surface area contributed by atoms with Crippen LogP contribution in [0.5, 0.6) is 0 Å². The number of aromatic nitrogens is 1. The fraction of sp³-hybridized carbons (Fsp3) is 0.200. The largest absolute Gasteiger partial charge is 0.343 e. The van der Waals surface area contributed by atoms with Crippen LogP contribution in [0.3, 0.4) is 0 Å². The predicted molar refractivity (Wildman–Crippen MR) is 89.3 cm³/mol. The van der Waals surface area contributed by atoms with Gasteiger partial charge in [0.15, 0.2) is 0 Å². The van der Waals surface area contributed by atoms with Gasteiger partial charge in [-0.1, -0.05) is 55.2 Å². The van der Waals surface area contributed by atoms with E-state index >= 15 is 0 Å². The van der Waals surface area contributed by atoms with Crippen molar-refractivity contribution >= 4 is 10.9 Å². The van der Waals surface area contributed by atoms with Gasteiger partial charge in [0.25, 0.3) is 0 Å². The van der Waals surface area contributed by atoms with Crippen LogP contribution in [0.1, 0.15) is 30.9 Å². The number of unbranched alkanes of at least 4 members (excludes halogenated alkanes) is 1. The maximum absolute atomic E-state index is 3.31. The quantitative estimate of drug-likeness (QED) is 0.602. The first-order valence-electron chi connectivity index (χ1n) is 7.49. The molecular formula is C20H19N. The standard InChI is InChI=1S/C20H19N/c1-2-3-4-9-17-10-5-6-12-19(17)16-21-15-14-18-11-7-8-13-20(18)21/h5-8,10-15H,2-3,16H2,1H3. The van der Waals surface area contributed by atoms with Gasteiger partial charge in [-0.15, -0.1) is 0 Å². The fourth-order valence-corrected chi connectivity index (χ4v) is 2.52. The van der Waals surface area contributed by atoms with Crippen LogP contribution in [-0.2, 0) is 6.54 Å². The summed E-state index contributed by atoms with van der Waals surface area (Å²) in [5.74, 6) is 6.56. The third kappa shape index (κ3) is 3.01. The van der Waals surface area contributed by atoms with E-state index in [0.717, 1.165) is 24.9 Å². The normalized spacial score (nSPS) is 10.3. The summed E-state index contributed by atoms with van der Waals surface area (Å²) in [5, 5.41) is 1.28. The molecule has 3 aromatic rings. The summed E-state index contributed by atoms with van der Waals surface area (Å²) >= 11 is 0. The van der Waals surface area contributed by atoms with Crippen LogP contribution >= 0.6 is 0 Å². The second-order valence-corrected chi connectivity index (χ2v) is 5.21. The van der Waals surface area contributed by atoms with E-state index < -0.39 is 0 Å². The first kappa shape index (κ1) is 13.5. The van der Waals surface area contributed by atoms with Crippen molar-refractivity contribution in [2.75, 3.05) is 0 Å². The van der Waals surface area contributed by atoms with Gasteiger partial charge in [0.1, 0.15) is 0 Å². The van der Waals surface area contributed by atoms with Crippen molar-refractivity contribution in [3.63, 3.8) is 0 Å². The Balaban J connectivity index is 1.93. The highest BCUT2D eigenvalue weighted by atomic mass is 14.9. The minimum absolute atomic E-state index is 0.866. The molecule has 0 spiro atoms. The number of nitrogens with zero attached hydrogens (tertiary/aromatic N) is 1. The molecule has 2 aromatic carbocycles. The molecule has 0 amide bonds. The molecule has 0 radical (unpaired) electrons. The topological polar surface area (TPSA) is 4.93 Å². The molecular weight excluding hydrogens is 254 g/mol. The SMILES string of the molecule is CCCC#Cc1ccccc1Cn1ccc2ccccc21. The molecule has 0 saturated heterocycles. The third-order valence-corrected chi connectivity index (χ3v) is 3.64. The Bertz CT molecular complexity index is 799. The van der Waals surface area contributed by atoms with Gasteiger partial charge in [0.05, 0.1) is 0 Å². The molecule has 0 bridgehead atoms. The molecule has 0 fully saturated rings. The minimum atomic E-state index is 0.866. The first-order chi connectivity index (χ1) is 10.4. The van der Waals surface area contributed by atoms with Gasteiger partial charge in [-0.2, -0.15) is 0 Å². The molecule has 0 N–H and O–H groups in total. The van der Waals surface area contributed by atoms with Crippen molar-refractivity contribution in [1.82, 2.24) is 4.57 Å². The molecule has 1 heterocycles. The smallest absolute Gasteiger partial charge is 0.0488 e. The van der Waals surface area contributed by atoms with Gasteiger partial charge in [-0.3, -0.25) is 0 Å². The average Bonchev–Trinajstić information content (AvgIpc) is 2.93. The van der Waals surface area contributed by atoms with Crippen LogP contribution in [-0.4, -0.2) is 4.57 Å². The summed E-state index contributed by atoms with van der Waals surface area (Å²) < 4.78 is 2.29. The van der Waals surface area contributed by atoms with Gasteiger partial charge in [-0.25, -0.2) is 0 Å². The Morgan fingerprint density at radius 3 is 2.67 bits per heavy atom. The van der Waals surface area contributed by atoms with Gasteiger partial charge >= 0.3 is 0 Å². The van der Waals surface area contributed by atoms with Gasteiger partial charge in [0, 0.05) is 30.2 Å². The van der Waals surface area contributed by atoms with E-state index in [1.807, 2.05) is 0 Å². The van der Waals surface area contributed by atoms with Crippen LogP contribution in [0.15, 0.2) is 60.8 Å². The van der Waals surface area contributed by atoms with Crippen LogP contribution in [0, 0.1) is 11.8 Å². The number of para-hydroxylation sites is 1. The predicted octanol–water partition coefficient (Wildman–Crippen LogP) is 4.84. The Hall–Kier alpha value is -2.46. The third-order valence-electron chi connectivity index (χ3n) is 3.64. The maximum atomic E-state index is 3.31. The lowest BCUT2D eigenvalue weighted by molar-refractivity contribution is 0.834. The number of rotatable bonds is 3. The molecule has 0 aliphatic carbocycles. The number of hydrogen-bond donors (Lipinski definition) is 0. The molecule has 0 aliphatic heterocycles. The zero-order valence-electron chi connectivity index (χ0n) is 12.3. The van der Waals surface area contributed by atoms with Crippen LogP contribution < -0.4 is 0 Å². The second-order valence-electron chi connectivity index (χ2n) is 5.21. The fourth-order valence-electron chi connectivity index (χ4n) is 2.52. The summed E-state index contributed by atoms with van der Waals surface area (Å²) in [6.45, 7) is 3.02. The van der Waals surface area contributed by atoms with Crippen LogP contribution in [0.4, 0.5) is 0 Å². The van der Waals surface area contributed by atoms with Crippen molar-refractivity contribution in [2.45, 2.75) is 26.3 Å². The summed E-state index contributed by atoms with van der Waals surface area (Å²) in [6.07, 6.45) is 4.22. The van der Waals surface area contributed by atoms with Crippen molar-refractivity contribution in [3.05, 3.63) is 71.9 Å². The van der Waals surface area contributed by atoms with E-state index in [0.29, 0.717) is 0 Å². The molecule has 3 rings (SSSR count). The molecule has 1 aromatic heterocycles. The number of fused-ring (bicyclic) bond motifs is 1. The van der Waals surface area contributed by atoms with Crippen molar-refractivity contribution in [1.29, 1.82) is 0 Å². The van der Waals surface area contributed by atoms with Crippen LogP contribution in [0.25, 0.3) is 10.9 Å². The number of hydrogen-bond acceptors (Lipinski definition) is 0.